The number of hydrogen-bond acceptors (Lipinski definition) is 3. The molecule has 0 aromatic carbocycles. The van der Waals surface area contributed by atoms with Crippen LogP contribution in [0.2, 0.25) is 0 Å². The normalized spacial score (nSPS) is 11.5. The summed E-state index contributed by atoms with van der Waals surface area (Å²) in [7, 11) is 0. The Morgan fingerprint density at radius 1 is 1.41 bits per heavy atom. The van der Waals surface area contributed by atoms with Gasteiger partial charge in [-0.1, -0.05) is 30.9 Å². The lowest BCUT2D eigenvalue weighted by atomic mass is 10.1. The highest BCUT2D eigenvalue weighted by Crippen LogP contribution is 2.05. The van der Waals surface area contributed by atoms with E-state index in [2.05, 4.69) is 24.2 Å². The van der Waals surface area contributed by atoms with Crippen molar-refractivity contribution < 1.29 is 9.53 Å². The average Bonchev–Trinajstić information content (AvgIpc) is 2.27. The second-order valence-corrected chi connectivity index (χ2v) is 3.72. The molecule has 0 aliphatic rings. The minimum Gasteiger partial charge on any atom is -0.464 e. The van der Waals surface area contributed by atoms with Crippen LogP contribution >= 0.6 is 0 Å². The van der Waals surface area contributed by atoms with Gasteiger partial charge in [0.05, 0.1) is 6.54 Å². The Balaban J connectivity index is 3.75. The lowest BCUT2D eigenvalue weighted by Gasteiger charge is -1.98. The lowest BCUT2D eigenvalue weighted by Crippen LogP contribution is -2.03. The van der Waals surface area contributed by atoms with Crippen molar-refractivity contribution in [3.63, 3.8) is 0 Å². The Kier molecular flexibility index (Phi) is 8.65. The molecule has 3 nitrogen and oxygen atoms in total. The van der Waals surface area contributed by atoms with Crippen LogP contribution in [0.15, 0.2) is 41.4 Å². The molecular weight excluding hydrogens is 214 g/mol. The van der Waals surface area contributed by atoms with Gasteiger partial charge < -0.3 is 4.74 Å². The van der Waals surface area contributed by atoms with E-state index in [0.29, 0.717) is 13.2 Å². The molecule has 0 aliphatic heterocycles. The van der Waals surface area contributed by atoms with E-state index in [9.17, 15) is 4.79 Å². The van der Waals surface area contributed by atoms with Crippen molar-refractivity contribution in [2.45, 2.75) is 26.7 Å². The zero-order valence-electron chi connectivity index (χ0n) is 10.7. The second-order valence-electron chi connectivity index (χ2n) is 3.72. The number of carbonyl (C=O) groups is 1. The second kappa shape index (κ2) is 9.58. The number of rotatable bonds is 8. The van der Waals surface area contributed by atoms with Gasteiger partial charge in [-0.3, -0.25) is 9.79 Å². The number of ether oxygens (including phenoxy) is 1. The molecule has 0 unspecified atom stereocenters. The quantitative estimate of drug-likeness (QED) is 0.281. The Bertz CT molecular complexity index is 327. The first kappa shape index (κ1) is 15.4. The summed E-state index contributed by atoms with van der Waals surface area (Å²) in [6.45, 7) is 11.7. The van der Waals surface area contributed by atoms with E-state index in [1.807, 2.05) is 6.92 Å². The molecule has 3 heteroatoms. The summed E-state index contributed by atoms with van der Waals surface area (Å²) in [5.74, 6) is -0.268. The molecule has 0 rings (SSSR count). The van der Waals surface area contributed by atoms with Crippen molar-refractivity contribution in [3.8, 4) is 0 Å². The SMILES string of the molecule is C=CC(=C)CC/C=C(\C)C=NCCOC(C)=O. The summed E-state index contributed by atoms with van der Waals surface area (Å²) in [4.78, 5) is 14.6. The van der Waals surface area contributed by atoms with Crippen molar-refractivity contribution in [1.29, 1.82) is 0 Å². The molecule has 0 radical (unpaired) electrons. The van der Waals surface area contributed by atoms with E-state index >= 15 is 0 Å². The first-order chi connectivity index (χ1) is 8.06. The minimum absolute atomic E-state index is 0.268. The zero-order valence-corrected chi connectivity index (χ0v) is 10.7. The van der Waals surface area contributed by atoms with Gasteiger partial charge in [0, 0.05) is 13.1 Å². The molecule has 0 saturated carbocycles. The van der Waals surface area contributed by atoms with Crippen molar-refractivity contribution in [2.24, 2.45) is 4.99 Å². The molecule has 94 valence electrons. The Hall–Kier alpha value is -1.64. The van der Waals surface area contributed by atoms with Crippen molar-refractivity contribution in [1.82, 2.24) is 0 Å². The van der Waals surface area contributed by atoms with Crippen LogP contribution in [0.5, 0.6) is 0 Å². The molecular formula is C14H21NO2. The third-order valence-corrected chi connectivity index (χ3v) is 2.04. The topological polar surface area (TPSA) is 38.7 Å². The van der Waals surface area contributed by atoms with Gasteiger partial charge in [-0.25, -0.2) is 0 Å². The highest BCUT2D eigenvalue weighted by molar-refractivity contribution is 5.77. The van der Waals surface area contributed by atoms with Crippen LogP contribution < -0.4 is 0 Å². The first-order valence-electron chi connectivity index (χ1n) is 5.66. The van der Waals surface area contributed by atoms with E-state index in [-0.39, 0.29) is 5.97 Å². The number of allylic oxidation sites excluding steroid dienone is 4. The predicted octanol–water partition coefficient (Wildman–Crippen LogP) is 3.09. The van der Waals surface area contributed by atoms with Crippen LogP contribution in [0.1, 0.15) is 26.7 Å². The van der Waals surface area contributed by atoms with Crippen LogP contribution in [0.4, 0.5) is 0 Å². The lowest BCUT2D eigenvalue weighted by molar-refractivity contribution is -0.140. The van der Waals surface area contributed by atoms with Gasteiger partial charge in [0.15, 0.2) is 0 Å². The van der Waals surface area contributed by atoms with Crippen molar-refractivity contribution >= 4 is 12.2 Å². The Morgan fingerprint density at radius 3 is 2.71 bits per heavy atom. The summed E-state index contributed by atoms with van der Waals surface area (Å²) in [5, 5.41) is 0. The van der Waals surface area contributed by atoms with Gasteiger partial charge in [0.25, 0.3) is 0 Å². The first-order valence-corrected chi connectivity index (χ1v) is 5.66. The standard InChI is InChI=1S/C14H21NO2/c1-5-12(2)7-6-8-13(3)11-15-9-10-17-14(4)16/h5,8,11H,1-2,6-7,9-10H2,3-4H3/b13-8+,15-11?. The summed E-state index contributed by atoms with van der Waals surface area (Å²) >= 11 is 0. The van der Waals surface area contributed by atoms with Crippen LogP contribution in [-0.4, -0.2) is 25.3 Å². The van der Waals surface area contributed by atoms with E-state index < -0.39 is 0 Å². The number of esters is 1. The van der Waals surface area contributed by atoms with E-state index in [1.165, 1.54) is 6.92 Å². The monoisotopic (exact) mass is 235 g/mol. The fourth-order valence-electron chi connectivity index (χ4n) is 1.09. The summed E-state index contributed by atoms with van der Waals surface area (Å²) in [6, 6.07) is 0. The van der Waals surface area contributed by atoms with Gasteiger partial charge in [0.1, 0.15) is 6.61 Å². The van der Waals surface area contributed by atoms with Crippen LogP contribution in [0.3, 0.4) is 0 Å². The molecule has 0 atom stereocenters. The summed E-state index contributed by atoms with van der Waals surface area (Å²) in [6.07, 6.45) is 7.52. The van der Waals surface area contributed by atoms with Gasteiger partial charge in [0.2, 0.25) is 0 Å². The highest BCUT2D eigenvalue weighted by atomic mass is 16.5. The van der Waals surface area contributed by atoms with Crippen LogP contribution in [-0.2, 0) is 9.53 Å². The smallest absolute Gasteiger partial charge is 0.302 e. The molecule has 0 heterocycles. The predicted molar refractivity (Wildman–Crippen MR) is 72.3 cm³/mol. The zero-order chi connectivity index (χ0) is 13.1. The summed E-state index contributed by atoms with van der Waals surface area (Å²) in [5.41, 5.74) is 2.14. The van der Waals surface area contributed by atoms with E-state index in [0.717, 1.165) is 24.0 Å². The molecule has 0 aromatic rings. The van der Waals surface area contributed by atoms with Crippen LogP contribution in [0, 0.1) is 0 Å². The maximum Gasteiger partial charge on any atom is 0.302 e. The van der Waals surface area contributed by atoms with Gasteiger partial charge >= 0.3 is 5.97 Å². The third kappa shape index (κ3) is 10.6. The highest BCUT2D eigenvalue weighted by Gasteiger charge is 1.90. The molecule has 0 N–H and O–H groups in total. The number of aliphatic imine (C=N–C) groups is 1. The number of carbonyl (C=O) groups excluding carboxylic acids is 1. The average molecular weight is 235 g/mol. The largest absolute Gasteiger partial charge is 0.464 e. The van der Waals surface area contributed by atoms with E-state index in [4.69, 9.17) is 4.74 Å². The molecule has 0 amide bonds. The molecule has 0 fully saturated rings. The minimum atomic E-state index is -0.268. The van der Waals surface area contributed by atoms with Gasteiger partial charge in [-0.2, -0.15) is 0 Å². The fourth-order valence-corrected chi connectivity index (χ4v) is 1.09. The van der Waals surface area contributed by atoms with Gasteiger partial charge in [-0.05, 0) is 25.3 Å². The summed E-state index contributed by atoms with van der Waals surface area (Å²) < 4.78 is 4.76. The van der Waals surface area contributed by atoms with E-state index in [1.54, 1.807) is 12.3 Å². The molecule has 0 aliphatic carbocycles. The maximum absolute atomic E-state index is 10.5. The van der Waals surface area contributed by atoms with Crippen molar-refractivity contribution in [2.75, 3.05) is 13.2 Å². The molecule has 17 heavy (non-hydrogen) atoms. The molecule has 0 bridgehead atoms. The molecule has 0 spiro atoms. The van der Waals surface area contributed by atoms with Crippen LogP contribution in [0.25, 0.3) is 0 Å². The molecule has 0 saturated heterocycles. The van der Waals surface area contributed by atoms with Crippen molar-refractivity contribution in [3.05, 3.63) is 36.5 Å². The number of hydrogen-bond donors (Lipinski definition) is 0. The maximum atomic E-state index is 10.5. The third-order valence-electron chi connectivity index (χ3n) is 2.04. The fraction of sp³-hybridized carbons (Fsp3) is 0.429. The molecule has 0 aromatic heterocycles. The number of nitrogens with zero attached hydrogens (tertiary/aromatic N) is 1. The Labute approximate surface area is 104 Å². The van der Waals surface area contributed by atoms with Gasteiger partial charge in [-0.15, -0.1) is 0 Å². The Morgan fingerprint density at radius 2 is 2.12 bits per heavy atom.